The Balaban J connectivity index is 1.03. The van der Waals surface area contributed by atoms with E-state index in [0.29, 0.717) is 72.9 Å². The lowest BCUT2D eigenvalue weighted by Gasteiger charge is -2.32. The minimum absolute atomic E-state index is 0.143. The van der Waals surface area contributed by atoms with E-state index in [1.165, 1.54) is 24.0 Å². The maximum absolute atomic E-state index is 13.1. The summed E-state index contributed by atoms with van der Waals surface area (Å²) in [5, 5.41) is 15.4. The molecule has 1 N–H and O–H groups in total. The van der Waals surface area contributed by atoms with Crippen molar-refractivity contribution in [2.24, 2.45) is 7.05 Å². The van der Waals surface area contributed by atoms with Crippen LogP contribution in [0.15, 0.2) is 36.9 Å². The van der Waals surface area contributed by atoms with Crippen molar-refractivity contribution < 1.29 is 27.6 Å². The summed E-state index contributed by atoms with van der Waals surface area (Å²) in [4.78, 5) is 40.1. The first-order chi connectivity index (χ1) is 26.5. The average molecular weight is 781 g/mol. The zero-order chi connectivity index (χ0) is 38.5. The minimum atomic E-state index is -3.85. The number of hydrogen-bond donors (Lipinski definition) is 1. The molecule has 3 fully saturated rings. The third-order valence-corrected chi connectivity index (χ3v) is 11.5. The van der Waals surface area contributed by atoms with Gasteiger partial charge in [-0.1, -0.05) is 4.98 Å². The summed E-state index contributed by atoms with van der Waals surface area (Å²) in [6.45, 7) is 8.00. The molecule has 6 heterocycles. The molecule has 0 bridgehead atoms. The van der Waals surface area contributed by atoms with Crippen molar-refractivity contribution in [1.82, 2.24) is 39.3 Å². The van der Waals surface area contributed by atoms with E-state index in [1.807, 2.05) is 6.07 Å². The summed E-state index contributed by atoms with van der Waals surface area (Å²) in [6.07, 6.45) is 10.3. The van der Waals surface area contributed by atoms with Gasteiger partial charge in [-0.05, 0) is 43.7 Å². The van der Waals surface area contributed by atoms with Crippen LogP contribution >= 0.6 is 0 Å². The smallest absolute Gasteiger partial charge is 0.434 e. The van der Waals surface area contributed by atoms with Crippen molar-refractivity contribution in [3.05, 3.63) is 52.7 Å². The molecule has 0 spiro atoms. The number of nitrogens with one attached hydrogen (secondary N) is 1. The van der Waals surface area contributed by atoms with Crippen molar-refractivity contribution >= 4 is 44.3 Å². The lowest BCUT2D eigenvalue weighted by molar-refractivity contribution is -0.396. The van der Waals surface area contributed by atoms with Gasteiger partial charge in [-0.2, -0.15) is 4.98 Å². The second-order valence-corrected chi connectivity index (χ2v) is 16.2. The van der Waals surface area contributed by atoms with E-state index >= 15 is 0 Å². The number of ether oxygens (including phenoxy) is 3. The number of likely N-dealkylation sites (N-methyl/N-ethyl adjacent to an activating group) is 1. The quantitative estimate of drug-likeness (QED) is 0.144. The van der Waals surface area contributed by atoms with Crippen LogP contribution in [-0.4, -0.2) is 144 Å². The van der Waals surface area contributed by atoms with Crippen LogP contribution in [-0.2, 0) is 28.4 Å². The van der Waals surface area contributed by atoms with Crippen LogP contribution in [0.4, 0.5) is 23.4 Å². The third-order valence-electron chi connectivity index (χ3n) is 10.4. The number of rotatable bonds is 14. The first-order valence-corrected chi connectivity index (χ1v) is 20.4. The number of anilines is 3. The fraction of sp³-hybridized carbons (Fsp3) is 0.571. The van der Waals surface area contributed by atoms with Gasteiger partial charge in [0, 0.05) is 57.9 Å². The maximum Gasteiger partial charge on any atom is 0.434 e. The van der Waals surface area contributed by atoms with Gasteiger partial charge in [0.2, 0.25) is 21.9 Å². The Hall–Kier alpha value is -4.92. The van der Waals surface area contributed by atoms with Gasteiger partial charge < -0.3 is 39.4 Å². The summed E-state index contributed by atoms with van der Waals surface area (Å²) >= 11 is 0. The first kappa shape index (κ1) is 38.4. The third kappa shape index (κ3) is 9.49. The van der Waals surface area contributed by atoms with Crippen molar-refractivity contribution in [3.63, 3.8) is 0 Å². The highest BCUT2D eigenvalue weighted by Crippen LogP contribution is 2.34. The predicted molar refractivity (Wildman–Crippen MR) is 205 cm³/mol. The molecule has 0 unspecified atom stereocenters. The normalized spacial score (nSPS) is 20.0. The van der Waals surface area contributed by atoms with E-state index in [-0.39, 0.29) is 30.3 Å². The summed E-state index contributed by atoms with van der Waals surface area (Å²) < 4.78 is 46.7. The molecule has 19 nitrogen and oxygen atoms in total. The largest absolute Gasteiger partial charge is 0.489 e. The van der Waals surface area contributed by atoms with Gasteiger partial charge in [0.25, 0.3) is 0 Å². The number of nitro groups is 1. The Labute approximate surface area is 319 Å². The van der Waals surface area contributed by atoms with Crippen molar-refractivity contribution in [1.29, 1.82) is 0 Å². The number of sulfonamides is 1. The molecule has 4 aromatic rings. The van der Waals surface area contributed by atoms with Crippen molar-refractivity contribution in [2.45, 2.75) is 44.4 Å². The van der Waals surface area contributed by atoms with Crippen LogP contribution in [0.5, 0.6) is 11.6 Å². The Morgan fingerprint density at radius 2 is 1.69 bits per heavy atom. The van der Waals surface area contributed by atoms with Crippen LogP contribution < -0.4 is 24.0 Å². The molecule has 0 radical (unpaired) electrons. The van der Waals surface area contributed by atoms with E-state index in [4.69, 9.17) is 19.2 Å². The highest BCUT2D eigenvalue weighted by molar-refractivity contribution is 7.92. The highest BCUT2D eigenvalue weighted by atomic mass is 32.2. The molecule has 2 saturated heterocycles. The van der Waals surface area contributed by atoms with Crippen LogP contribution in [0.1, 0.15) is 31.4 Å². The van der Waals surface area contributed by atoms with E-state index in [1.54, 1.807) is 18.5 Å². The van der Waals surface area contributed by atoms with E-state index in [2.05, 4.69) is 47.0 Å². The standard InChI is InChI=1S/C35H48N12O7S/c1-42-8-10-44(11-9-42)12-17-53-29-22-37-34(38-23-29)40-25-4-6-28(7-5-25)54-33-30-18-26(20-36-31(30)19-32(41-33)45-13-15-52-16-14-45)46(55(3,50)51)24-27-21-39-35(43(27)2)47(48)49/h18-23,25,28H,4-17,24H2,1-3H3,(H,37,38,40). The number of piperazine rings is 1. The van der Waals surface area contributed by atoms with Crippen LogP contribution in [0.3, 0.4) is 0 Å². The lowest BCUT2D eigenvalue weighted by Crippen LogP contribution is -2.45. The first-order valence-electron chi connectivity index (χ1n) is 18.6. The molecule has 3 aliphatic rings. The summed E-state index contributed by atoms with van der Waals surface area (Å²) in [5.74, 6) is 1.88. The lowest BCUT2D eigenvalue weighted by atomic mass is 9.93. The summed E-state index contributed by atoms with van der Waals surface area (Å²) in [5.41, 5.74) is 1.20. The highest BCUT2D eigenvalue weighted by Gasteiger charge is 2.28. The monoisotopic (exact) mass is 780 g/mol. The zero-order valence-corrected chi connectivity index (χ0v) is 32.2. The average Bonchev–Trinajstić information content (AvgIpc) is 3.55. The molecule has 20 heteroatoms. The molecule has 1 aliphatic carbocycles. The van der Waals surface area contributed by atoms with E-state index in [9.17, 15) is 18.5 Å². The Morgan fingerprint density at radius 3 is 2.36 bits per heavy atom. The van der Waals surface area contributed by atoms with Gasteiger partial charge in [-0.3, -0.25) is 14.2 Å². The number of nitrogens with zero attached hydrogens (tertiary/aromatic N) is 11. The predicted octanol–water partition coefficient (Wildman–Crippen LogP) is 2.29. The SMILES string of the molecule is CN1CCN(CCOc2cnc(NC3CCC(Oc4nc(N5CCOCC5)cc5ncc(N(Cc6cnc([N+](=O)[O-])n6C)S(C)(=O)=O)cc45)CC3)nc2)CC1. The molecule has 7 rings (SSSR count). The number of pyridine rings is 2. The fourth-order valence-corrected chi connectivity index (χ4v) is 7.89. The van der Waals surface area contributed by atoms with Gasteiger partial charge in [0.15, 0.2) is 5.75 Å². The molecule has 0 amide bonds. The Bertz CT molecular complexity index is 2050. The van der Waals surface area contributed by atoms with Crippen LogP contribution in [0.2, 0.25) is 0 Å². The molecule has 0 atom stereocenters. The Kier molecular flexibility index (Phi) is 11.7. The van der Waals surface area contributed by atoms with Gasteiger partial charge in [-0.15, -0.1) is 0 Å². The van der Waals surface area contributed by atoms with Crippen LogP contribution in [0.25, 0.3) is 10.9 Å². The van der Waals surface area contributed by atoms with E-state index < -0.39 is 14.9 Å². The molecule has 1 saturated carbocycles. The second kappa shape index (κ2) is 16.8. The summed E-state index contributed by atoms with van der Waals surface area (Å²) in [7, 11) is -0.230. The van der Waals surface area contributed by atoms with Crippen LogP contribution in [0, 0.1) is 10.1 Å². The number of fused-ring (bicyclic) bond motifs is 1. The molecule has 296 valence electrons. The molecule has 4 aromatic heterocycles. The minimum Gasteiger partial charge on any atom is -0.489 e. The number of morpholine rings is 1. The van der Waals surface area contributed by atoms with Gasteiger partial charge >= 0.3 is 5.95 Å². The molecular weight excluding hydrogens is 733 g/mol. The topological polar surface area (TPSA) is 199 Å². The molecule has 2 aliphatic heterocycles. The van der Waals surface area contributed by atoms with Crippen molar-refractivity contribution in [2.75, 3.05) is 93.5 Å². The van der Waals surface area contributed by atoms with Gasteiger partial charge in [0.1, 0.15) is 30.4 Å². The van der Waals surface area contributed by atoms with Gasteiger partial charge in [0.05, 0.1) is 68.2 Å². The maximum atomic E-state index is 13.1. The van der Waals surface area contributed by atoms with Crippen molar-refractivity contribution in [3.8, 4) is 11.6 Å². The summed E-state index contributed by atoms with van der Waals surface area (Å²) in [6, 6.07) is 3.73. The molecular formula is C35H48N12O7S. The van der Waals surface area contributed by atoms with E-state index in [0.717, 1.165) is 69.0 Å². The number of hydrogen-bond acceptors (Lipinski definition) is 16. The van der Waals surface area contributed by atoms with Gasteiger partial charge in [-0.25, -0.2) is 23.0 Å². The number of imidazole rings is 1. The molecule has 0 aromatic carbocycles. The fourth-order valence-electron chi connectivity index (χ4n) is 7.04. The number of aromatic nitrogens is 6. The zero-order valence-electron chi connectivity index (χ0n) is 31.4. The molecule has 55 heavy (non-hydrogen) atoms. The Morgan fingerprint density at radius 1 is 0.964 bits per heavy atom. The second-order valence-electron chi connectivity index (χ2n) is 14.3.